The Morgan fingerprint density at radius 2 is 1.79 bits per heavy atom. The number of sulfonamides is 1. The zero-order valence-electron chi connectivity index (χ0n) is 16.6. The molecule has 0 radical (unpaired) electrons. The van der Waals surface area contributed by atoms with Crippen molar-refractivity contribution in [3.8, 4) is 11.8 Å². The van der Waals surface area contributed by atoms with Gasteiger partial charge in [0, 0.05) is 13.1 Å². The van der Waals surface area contributed by atoms with Gasteiger partial charge in [-0.2, -0.15) is 5.26 Å². The van der Waals surface area contributed by atoms with Crippen LogP contribution >= 0.6 is 0 Å². The van der Waals surface area contributed by atoms with Gasteiger partial charge in [0.25, 0.3) is 0 Å². The highest BCUT2D eigenvalue weighted by atomic mass is 32.2. The number of likely N-dealkylation sites (N-methyl/N-ethyl adjacent to an activating group) is 1. The summed E-state index contributed by atoms with van der Waals surface area (Å²) in [6, 6.07) is 13.9. The fraction of sp³-hybridized carbons (Fsp3) is 0.381. The van der Waals surface area contributed by atoms with Crippen LogP contribution in [0.15, 0.2) is 47.4 Å². The molecular formula is C21H27N3O3S. The van der Waals surface area contributed by atoms with Gasteiger partial charge in [-0.25, -0.2) is 13.1 Å². The van der Waals surface area contributed by atoms with Gasteiger partial charge in [-0.15, -0.1) is 0 Å². The lowest BCUT2D eigenvalue weighted by Crippen LogP contribution is -2.27. The normalized spacial score (nSPS) is 11.4. The van der Waals surface area contributed by atoms with Crippen molar-refractivity contribution in [1.29, 1.82) is 5.26 Å². The number of hydrogen-bond acceptors (Lipinski definition) is 5. The molecule has 2 aromatic rings. The van der Waals surface area contributed by atoms with Crippen LogP contribution in [0.4, 0.5) is 0 Å². The summed E-state index contributed by atoms with van der Waals surface area (Å²) in [6.07, 6.45) is 0. The van der Waals surface area contributed by atoms with Gasteiger partial charge in [0.15, 0.2) is 0 Å². The van der Waals surface area contributed by atoms with Crippen molar-refractivity contribution in [3.63, 3.8) is 0 Å². The number of ether oxygens (including phenoxy) is 1. The fourth-order valence-corrected chi connectivity index (χ4v) is 4.05. The Hall–Kier alpha value is -2.40. The molecule has 0 atom stereocenters. The van der Waals surface area contributed by atoms with Crippen molar-refractivity contribution >= 4 is 10.0 Å². The van der Waals surface area contributed by atoms with Gasteiger partial charge in [0.2, 0.25) is 10.0 Å². The Morgan fingerprint density at radius 3 is 2.36 bits per heavy atom. The lowest BCUT2D eigenvalue weighted by atomic mass is 10.2. The van der Waals surface area contributed by atoms with Crippen LogP contribution < -0.4 is 9.46 Å². The van der Waals surface area contributed by atoms with Crippen molar-refractivity contribution in [2.24, 2.45) is 0 Å². The van der Waals surface area contributed by atoms with E-state index in [-0.39, 0.29) is 11.4 Å². The first-order valence-electron chi connectivity index (χ1n) is 9.34. The Balaban J connectivity index is 1.93. The van der Waals surface area contributed by atoms with E-state index in [1.807, 2.05) is 30.3 Å². The maximum Gasteiger partial charge on any atom is 0.241 e. The minimum absolute atomic E-state index is 0.182. The molecule has 0 amide bonds. The molecule has 2 rings (SSSR count). The largest absolute Gasteiger partial charge is 0.492 e. The monoisotopic (exact) mass is 401 g/mol. The molecule has 0 aromatic heterocycles. The average Bonchev–Trinajstić information content (AvgIpc) is 2.70. The summed E-state index contributed by atoms with van der Waals surface area (Å²) >= 11 is 0. The number of nitrogens with zero attached hydrogens (tertiary/aromatic N) is 2. The van der Waals surface area contributed by atoms with Crippen LogP contribution in [0.1, 0.15) is 30.5 Å². The summed E-state index contributed by atoms with van der Waals surface area (Å²) in [5.74, 6) is 0.765. The number of hydrogen-bond donors (Lipinski definition) is 1. The molecule has 0 bridgehead atoms. The maximum absolute atomic E-state index is 12.5. The zero-order valence-corrected chi connectivity index (χ0v) is 17.4. The van der Waals surface area contributed by atoms with E-state index in [0.717, 1.165) is 30.9 Å². The van der Waals surface area contributed by atoms with Gasteiger partial charge >= 0.3 is 0 Å². The average molecular weight is 402 g/mol. The summed E-state index contributed by atoms with van der Waals surface area (Å²) in [5.41, 5.74) is 1.82. The predicted octanol–water partition coefficient (Wildman–Crippen LogP) is 3.07. The second-order valence-electron chi connectivity index (χ2n) is 6.44. The van der Waals surface area contributed by atoms with Crippen LogP contribution in [0.5, 0.6) is 5.75 Å². The number of benzene rings is 2. The topological polar surface area (TPSA) is 82.4 Å². The Labute approximate surface area is 167 Å². The molecule has 0 saturated carbocycles. The van der Waals surface area contributed by atoms with Crippen LogP contribution in [0, 0.1) is 18.3 Å². The van der Waals surface area contributed by atoms with Crippen LogP contribution in [-0.4, -0.2) is 39.6 Å². The van der Waals surface area contributed by atoms with Crippen LogP contribution in [-0.2, 0) is 16.6 Å². The second kappa shape index (κ2) is 10.2. The molecule has 1 N–H and O–H groups in total. The van der Waals surface area contributed by atoms with E-state index in [9.17, 15) is 8.42 Å². The molecule has 0 aliphatic heterocycles. The van der Waals surface area contributed by atoms with Gasteiger partial charge in [0.1, 0.15) is 12.4 Å². The molecular weight excluding hydrogens is 374 g/mol. The lowest BCUT2D eigenvalue weighted by molar-refractivity contribution is 0.223. The fourth-order valence-electron chi connectivity index (χ4n) is 2.81. The third-order valence-electron chi connectivity index (χ3n) is 4.55. The Kier molecular flexibility index (Phi) is 8.00. The molecule has 0 fully saturated rings. The van der Waals surface area contributed by atoms with Gasteiger partial charge in [0.05, 0.1) is 16.5 Å². The lowest BCUT2D eigenvalue weighted by Gasteiger charge is -2.18. The highest BCUT2D eigenvalue weighted by molar-refractivity contribution is 7.89. The molecule has 28 heavy (non-hydrogen) atoms. The third kappa shape index (κ3) is 6.06. The first kappa shape index (κ1) is 21.9. The van der Waals surface area contributed by atoms with Crippen LogP contribution in [0.3, 0.4) is 0 Å². The predicted molar refractivity (Wildman–Crippen MR) is 110 cm³/mol. The SMILES string of the molecule is CCN(CC)CCOc1ccc(CNS(=O)(=O)c2ccc(C#N)cc2C)cc1. The van der Waals surface area contributed by atoms with Gasteiger partial charge < -0.3 is 9.64 Å². The van der Waals surface area contributed by atoms with Gasteiger partial charge in [-0.3, -0.25) is 0 Å². The van der Waals surface area contributed by atoms with Crippen molar-refractivity contribution in [2.75, 3.05) is 26.2 Å². The molecule has 2 aromatic carbocycles. The number of nitriles is 1. The zero-order chi connectivity index (χ0) is 20.6. The molecule has 0 unspecified atom stereocenters. The standard InChI is InChI=1S/C21H27N3O3S/c1-4-24(5-2)12-13-27-20-9-6-18(7-10-20)16-23-28(25,26)21-11-8-19(15-22)14-17(21)3/h6-11,14,23H,4-5,12-13,16H2,1-3H3. The van der Waals surface area contributed by atoms with Gasteiger partial charge in [-0.05, 0) is 61.5 Å². The van der Waals surface area contributed by atoms with Crippen LogP contribution in [0.25, 0.3) is 0 Å². The van der Waals surface area contributed by atoms with Crippen molar-refractivity contribution in [2.45, 2.75) is 32.2 Å². The van der Waals surface area contributed by atoms with E-state index in [0.29, 0.717) is 17.7 Å². The Morgan fingerprint density at radius 1 is 1.11 bits per heavy atom. The van der Waals surface area contributed by atoms with Crippen molar-refractivity contribution in [3.05, 3.63) is 59.2 Å². The number of nitrogens with one attached hydrogen (secondary N) is 1. The van der Waals surface area contributed by atoms with Crippen molar-refractivity contribution < 1.29 is 13.2 Å². The second-order valence-corrected chi connectivity index (χ2v) is 8.17. The van der Waals surface area contributed by atoms with E-state index >= 15 is 0 Å². The van der Waals surface area contributed by atoms with E-state index < -0.39 is 10.0 Å². The number of rotatable bonds is 10. The molecule has 0 aliphatic carbocycles. The first-order chi connectivity index (χ1) is 13.4. The Bertz CT molecular complexity index is 915. The summed E-state index contributed by atoms with van der Waals surface area (Å²) in [6.45, 7) is 9.60. The van der Waals surface area contributed by atoms with E-state index in [2.05, 4.69) is 23.5 Å². The van der Waals surface area contributed by atoms with E-state index in [1.54, 1.807) is 13.0 Å². The van der Waals surface area contributed by atoms with Crippen molar-refractivity contribution in [1.82, 2.24) is 9.62 Å². The van der Waals surface area contributed by atoms with E-state index in [4.69, 9.17) is 10.00 Å². The number of aryl methyl sites for hydroxylation is 1. The molecule has 150 valence electrons. The van der Waals surface area contributed by atoms with Gasteiger partial charge in [-0.1, -0.05) is 26.0 Å². The molecule has 0 spiro atoms. The minimum Gasteiger partial charge on any atom is -0.492 e. The van der Waals surface area contributed by atoms with Crippen LogP contribution in [0.2, 0.25) is 0 Å². The maximum atomic E-state index is 12.5. The summed E-state index contributed by atoms with van der Waals surface area (Å²) in [5, 5.41) is 8.91. The van der Waals surface area contributed by atoms with E-state index in [1.165, 1.54) is 12.1 Å². The minimum atomic E-state index is -3.65. The summed E-state index contributed by atoms with van der Waals surface area (Å²) in [4.78, 5) is 2.47. The molecule has 0 heterocycles. The summed E-state index contributed by atoms with van der Waals surface area (Å²) < 4.78 is 33.4. The highest BCUT2D eigenvalue weighted by Gasteiger charge is 2.16. The molecule has 7 heteroatoms. The quantitative estimate of drug-likeness (QED) is 0.662. The third-order valence-corrected chi connectivity index (χ3v) is 6.12. The smallest absolute Gasteiger partial charge is 0.241 e. The summed E-state index contributed by atoms with van der Waals surface area (Å²) in [7, 11) is -3.65. The molecule has 0 aliphatic rings. The molecule has 6 nitrogen and oxygen atoms in total. The molecule has 0 saturated heterocycles. The highest BCUT2D eigenvalue weighted by Crippen LogP contribution is 2.17. The first-order valence-corrected chi connectivity index (χ1v) is 10.8.